The molecule has 0 amide bonds. The van der Waals surface area contributed by atoms with Crippen LogP contribution in [0.3, 0.4) is 0 Å². The Morgan fingerprint density at radius 1 is 0.719 bits per heavy atom. The minimum Gasteiger partial charge on any atom is -0.488 e. The fraction of sp³-hybridized carbons (Fsp3) is 0.172. The average Bonchev–Trinajstić information content (AvgIpc) is 2.81. The lowest BCUT2D eigenvalue weighted by atomic mass is 10.0. The van der Waals surface area contributed by atoms with E-state index < -0.39 is 0 Å². The Bertz CT molecular complexity index is 1160. The van der Waals surface area contributed by atoms with Gasteiger partial charge in [0, 0.05) is 36.8 Å². The first kappa shape index (κ1) is 22.1. The van der Waals surface area contributed by atoms with Gasteiger partial charge >= 0.3 is 0 Å². The van der Waals surface area contributed by atoms with Gasteiger partial charge in [-0.15, -0.1) is 0 Å². The number of aryl methyl sites for hydroxylation is 1. The van der Waals surface area contributed by atoms with Crippen LogP contribution in [-0.4, -0.2) is 14.1 Å². The molecule has 3 heteroatoms. The zero-order chi connectivity index (χ0) is 22.3. The van der Waals surface area contributed by atoms with Crippen LogP contribution >= 0.6 is 8.58 Å². The standard InChI is InChI=1S/C29H30NOP/c1-22-12-10-18-26(30(2)3)29(22)32-27-19-11-17-25(20-23-13-6-4-7-14-23)28(27)31-21-24-15-8-5-9-16-24/h4-19,32H,20-21H2,1-3H3. The van der Waals surface area contributed by atoms with Gasteiger partial charge < -0.3 is 9.64 Å². The highest BCUT2D eigenvalue weighted by Crippen LogP contribution is 2.30. The van der Waals surface area contributed by atoms with Gasteiger partial charge in [0.15, 0.2) is 0 Å². The van der Waals surface area contributed by atoms with Crippen molar-refractivity contribution in [2.75, 3.05) is 19.0 Å². The molecule has 0 radical (unpaired) electrons. The number of para-hydroxylation sites is 1. The summed E-state index contributed by atoms with van der Waals surface area (Å²) in [5.41, 5.74) is 6.29. The molecule has 0 saturated carbocycles. The maximum Gasteiger partial charge on any atom is 0.131 e. The summed E-state index contributed by atoms with van der Waals surface area (Å²) in [6.45, 7) is 2.77. The van der Waals surface area contributed by atoms with Crippen molar-refractivity contribution in [3.63, 3.8) is 0 Å². The van der Waals surface area contributed by atoms with E-state index in [0.29, 0.717) is 15.2 Å². The van der Waals surface area contributed by atoms with Crippen LogP contribution in [0.4, 0.5) is 5.69 Å². The van der Waals surface area contributed by atoms with E-state index in [9.17, 15) is 0 Å². The van der Waals surface area contributed by atoms with Crippen LogP contribution in [0.5, 0.6) is 5.75 Å². The molecule has 0 aliphatic heterocycles. The Balaban J connectivity index is 1.72. The maximum atomic E-state index is 6.53. The molecule has 0 aliphatic rings. The summed E-state index contributed by atoms with van der Waals surface area (Å²) in [4.78, 5) is 2.20. The van der Waals surface area contributed by atoms with Crippen LogP contribution in [0.15, 0.2) is 97.1 Å². The summed E-state index contributed by atoms with van der Waals surface area (Å²) in [6, 6.07) is 34.2. The second-order valence-corrected chi connectivity index (χ2v) is 9.51. The van der Waals surface area contributed by atoms with Crippen molar-refractivity contribution in [1.29, 1.82) is 0 Å². The lowest BCUT2D eigenvalue weighted by molar-refractivity contribution is 0.306. The molecule has 32 heavy (non-hydrogen) atoms. The summed E-state index contributed by atoms with van der Waals surface area (Å²) in [5, 5.41) is 2.63. The smallest absolute Gasteiger partial charge is 0.131 e. The van der Waals surface area contributed by atoms with Crippen LogP contribution in [0.25, 0.3) is 0 Å². The number of hydrogen-bond donors (Lipinski definition) is 0. The number of nitrogens with zero attached hydrogens (tertiary/aromatic N) is 1. The first-order chi connectivity index (χ1) is 15.6. The first-order valence-electron chi connectivity index (χ1n) is 11.0. The van der Waals surface area contributed by atoms with Crippen molar-refractivity contribution >= 4 is 24.9 Å². The first-order valence-corrected chi connectivity index (χ1v) is 12.0. The fourth-order valence-electron chi connectivity index (χ4n) is 3.86. The Labute approximate surface area is 193 Å². The lowest BCUT2D eigenvalue weighted by Gasteiger charge is -2.21. The lowest BCUT2D eigenvalue weighted by Crippen LogP contribution is -2.20. The van der Waals surface area contributed by atoms with Crippen molar-refractivity contribution in [3.05, 3.63) is 119 Å². The van der Waals surface area contributed by atoms with E-state index in [-0.39, 0.29) is 0 Å². The van der Waals surface area contributed by atoms with E-state index in [2.05, 4.69) is 117 Å². The predicted octanol–water partition coefficient (Wildman–Crippen LogP) is 5.86. The van der Waals surface area contributed by atoms with Crippen molar-refractivity contribution in [2.45, 2.75) is 20.0 Å². The van der Waals surface area contributed by atoms with Crippen molar-refractivity contribution < 1.29 is 4.74 Å². The molecule has 4 aromatic carbocycles. The summed E-state index contributed by atoms with van der Waals surface area (Å²) in [7, 11) is 4.75. The van der Waals surface area contributed by atoms with E-state index in [4.69, 9.17) is 4.74 Å². The Morgan fingerprint density at radius 3 is 2.06 bits per heavy atom. The summed E-state index contributed by atoms with van der Waals surface area (Å²) >= 11 is 0. The van der Waals surface area contributed by atoms with Crippen molar-refractivity contribution in [1.82, 2.24) is 0 Å². The van der Waals surface area contributed by atoms with Gasteiger partial charge in [-0.25, -0.2) is 0 Å². The molecule has 1 atom stereocenters. The molecule has 0 N–H and O–H groups in total. The van der Waals surface area contributed by atoms with E-state index in [1.54, 1.807) is 0 Å². The third-order valence-corrected chi connectivity index (χ3v) is 7.12. The molecule has 2 nitrogen and oxygen atoms in total. The van der Waals surface area contributed by atoms with Gasteiger partial charge in [-0.3, -0.25) is 0 Å². The molecule has 0 aliphatic carbocycles. The Kier molecular flexibility index (Phi) is 7.24. The molecule has 0 aromatic heterocycles. The van der Waals surface area contributed by atoms with Crippen LogP contribution in [0.1, 0.15) is 22.3 Å². The zero-order valence-electron chi connectivity index (χ0n) is 19.0. The number of benzene rings is 4. The Hall–Kier alpha value is -3.09. The number of anilines is 1. The van der Waals surface area contributed by atoms with E-state index in [1.807, 2.05) is 6.07 Å². The number of rotatable bonds is 8. The summed E-state index contributed by atoms with van der Waals surface area (Å²) in [5.74, 6) is 1.02. The third-order valence-electron chi connectivity index (χ3n) is 5.55. The normalized spacial score (nSPS) is 11.1. The average molecular weight is 440 g/mol. The minimum atomic E-state index is 0.524. The van der Waals surface area contributed by atoms with E-state index in [0.717, 1.165) is 12.2 Å². The van der Waals surface area contributed by atoms with Crippen LogP contribution < -0.4 is 20.2 Å². The maximum absolute atomic E-state index is 6.53. The molecule has 0 fully saturated rings. The minimum absolute atomic E-state index is 0.524. The molecule has 4 aromatic rings. The molecular weight excluding hydrogens is 409 g/mol. The highest BCUT2D eigenvalue weighted by molar-refractivity contribution is 7.56. The largest absolute Gasteiger partial charge is 0.488 e. The second kappa shape index (κ2) is 10.5. The second-order valence-electron chi connectivity index (χ2n) is 8.22. The van der Waals surface area contributed by atoms with Gasteiger partial charge in [0.1, 0.15) is 12.4 Å². The van der Waals surface area contributed by atoms with Crippen LogP contribution in [-0.2, 0) is 13.0 Å². The molecule has 0 saturated heterocycles. The zero-order valence-corrected chi connectivity index (χ0v) is 20.0. The number of ether oxygens (including phenoxy) is 1. The molecule has 0 spiro atoms. The number of hydrogen-bond acceptors (Lipinski definition) is 2. The van der Waals surface area contributed by atoms with Crippen LogP contribution in [0, 0.1) is 6.92 Å². The summed E-state index contributed by atoms with van der Waals surface area (Å²) < 4.78 is 6.53. The van der Waals surface area contributed by atoms with E-state index in [1.165, 1.54) is 38.6 Å². The monoisotopic (exact) mass is 439 g/mol. The SMILES string of the molecule is Cc1cccc(N(C)C)c1Pc1cccc(Cc2ccccc2)c1OCc1ccccc1. The highest BCUT2D eigenvalue weighted by Gasteiger charge is 2.15. The Morgan fingerprint density at radius 2 is 1.38 bits per heavy atom. The van der Waals surface area contributed by atoms with Gasteiger partial charge in [-0.1, -0.05) is 99.6 Å². The van der Waals surface area contributed by atoms with Gasteiger partial charge in [-0.05, 0) is 35.2 Å². The third kappa shape index (κ3) is 5.39. The van der Waals surface area contributed by atoms with E-state index >= 15 is 0 Å². The van der Waals surface area contributed by atoms with Gasteiger partial charge in [0.05, 0.1) is 0 Å². The summed E-state index contributed by atoms with van der Waals surface area (Å²) in [6.07, 6.45) is 0.859. The van der Waals surface area contributed by atoms with Crippen LogP contribution in [0.2, 0.25) is 0 Å². The molecule has 0 bridgehead atoms. The van der Waals surface area contributed by atoms with Gasteiger partial charge in [0.2, 0.25) is 0 Å². The fourth-order valence-corrected chi connectivity index (χ4v) is 5.37. The molecule has 4 rings (SSSR count). The van der Waals surface area contributed by atoms with Crippen molar-refractivity contribution in [2.24, 2.45) is 0 Å². The quantitative estimate of drug-likeness (QED) is 0.319. The van der Waals surface area contributed by atoms with Crippen molar-refractivity contribution in [3.8, 4) is 5.75 Å². The predicted molar refractivity (Wildman–Crippen MR) is 140 cm³/mol. The molecule has 0 heterocycles. The van der Waals surface area contributed by atoms with Gasteiger partial charge in [-0.2, -0.15) is 0 Å². The van der Waals surface area contributed by atoms with Gasteiger partial charge in [0.25, 0.3) is 0 Å². The highest BCUT2D eigenvalue weighted by atomic mass is 31.1. The topological polar surface area (TPSA) is 12.5 Å². The molecule has 1 unspecified atom stereocenters. The molecular formula is C29H30NOP. The molecule has 162 valence electrons.